The first-order chi connectivity index (χ1) is 13.7. The Morgan fingerprint density at radius 1 is 1.14 bits per heavy atom. The molecular formula is C22H22N4O2. The molecule has 1 saturated heterocycles. The standard InChI is InChI=1S/C22H22N4O2/c23-13-17-4-8-19(9-5-17)18-6-2-16(3-7-18)12-20(14-24)26-22(27)21-15-25-10-1-11-28-21/h2-9,20-21,25H,1,10-12,15H2,(H,26,27). The highest BCUT2D eigenvalue weighted by Gasteiger charge is 2.23. The number of amides is 1. The van der Waals surface area contributed by atoms with Gasteiger partial charge in [0.15, 0.2) is 0 Å². The van der Waals surface area contributed by atoms with Crippen LogP contribution < -0.4 is 10.6 Å². The molecule has 2 atom stereocenters. The largest absolute Gasteiger partial charge is 0.367 e. The van der Waals surface area contributed by atoms with Crippen LogP contribution in [0, 0.1) is 22.7 Å². The van der Waals surface area contributed by atoms with Crippen molar-refractivity contribution in [2.45, 2.75) is 25.0 Å². The van der Waals surface area contributed by atoms with Gasteiger partial charge in [0.05, 0.1) is 17.7 Å². The zero-order chi connectivity index (χ0) is 19.8. The van der Waals surface area contributed by atoms with E-state index >= 15 is 0 Å². The minimum atomic E-state index is -0.611. The molecule has 2 aromatic carbocycles. The second-order valence-corrected chi connectivity index (χ2v) is 6.70. The molecule has 1 fully saturated rings. The number of hydrogen-bond donors (Lipinski definition) is 2. The van der Waals surface area contributed by atoms with Crippen molar-refractivity contribution in [1.82, 2.24) is 10.6 Å². The van der Waals surface area contributed by atoms with Crippen molar-refractivity contribution >= 4 is 5.91 Å². The first-order valence-electron chi connectivity index (χ1n) is 9.31. The van der Waals surface area contributed by atoms with Gasteiger partial charge in [-0.1, -0.05) is 36.4 Å². The summed E-state index contributed by atoms with van der Waals surface area (Å²) < 4.78 is 5.54. The number of carbonyl (C=O) groups is 1. The van der Waals surface area contributed by atoms with Gasteiger partial charge in [0, 0.05) is 19.6 Å². The third-order valence-electron chi connectivity index (χ3n) is 4.65. The number of benzene rings is 2. The van der Waals surface area contributed by atoms with Crippen LogP contribution in [-0.2, 0) is 16.0 Å². The van der Waals surface area contributed by atoms with E-state index in [1.54, 1.807) is 12.1 Å². The van der Waals surface area contributed by atoms with Crippen LogP contribution in [0.4, 0.5) is 0 Å². The molecule has 0 radical (unpaired) electrons. The summed E-state index contributed by atoms with van der Waals surface area (Å²) in [5.74, 6) is -0.254. The second-order valence-electron chi connectivity index (χ2n) is 6.70. The van der Waals surface area contributed by atoms with Crippen molar-refractivity contribution < 1.29 is 9.53 Å². The topological polar surface area (TPSA) is 97.9 Å². The molecule has 0 spiro atoms. The Kier molecular flexibility index (Phi) is 6.75. The summed E-state index contributed by atoms with van der Waals surface area (Å²) in [6.45, 7) is 1.83. The number of carbonyl (C=O) groups excluding carboxylic acids is 1. The van der Waals surface area contributed by atoms with Gasteiger partial charge < -0.3 is 15.4 Å². The van der Waals surface area contributed by atoms with Crippen molar-refractivity contribution in [2.75, 3.05) is 19.7 Å². The predicted octanol–water partition coefficient (Wildman–Crippen LogP) is 2.15. The number of ether oxygens (including phenoxy) is 1. The Morgan fingerprint density at radius 2 is 1.82 bits per heavy atom. The summed E-state index contributed by atoms with van der Waals surface area (Å²) in [6.07, 6.45) is 0.740. The quantitative estimate of drug-likeness (QED) is 0.836. The molecule has 1 heterocycles. The molecule has 28 heavy (non-hydrogen) atoms. The van der Waals surface area contributed by atoms with Crippen molar-refractivity contribution in [3.8, 4) is 23.3 Å². The summed E-state index contributed by atoms with van der Waals surface area (Å²) in [4.78, 5) is 12.4. The van der Waals surface area contributed by atoms with Crippen LogP contribution in [0.5, 0.6) is 0 Å². The molecule has 2 N–H and O–H groups in total. The van der Waals surface area contributed by atoms with Crippen LogP contribution in [0.25, 0.3) is 11.1 Å². The van der Waals surface area contributed by atoms with E-state index in [0.717, 1.165) is 29.7 Å². The van der Waals surface area contributed by atoms with Crippen molar-refractivity contribution in [3.05, 3.63) is 59.7 Å². The molecule has 2 unspecified atom stereocenters. The Bertz CT molecular complexity index is 871. The molecule has 142 valence electrons. The van der Waals surface area contributed by atoms with E-state index in [1.807, 2.05) is 36.4 Å². The fourth-order valence-corrected chi connectivity index (χ4v) is 3.08. The lowest BCUT2D eigenvalue weighted by Crippen LogP contribution is -2.46. The van der Waals surface area contributed by atoms with E-state index in [0.29, 0.717) is 25.1 Å². The van der Waals surface area contributed by atoms with Crippen molar-refractivity contribution in [1.29, 1.82) is 10.5 Å². The van der Waals surface area contributed by atoms with Gasteiger partial charge in [-0.2, -0.15) is 10.5 Å². The Balaban J connectivity index is 1.60. The predicted molar refractivity (Wildman–Crippen MR) is 105 cm³/mol. The van der Waals surface area contributed by atoms with Gasteiger partial charge in [0.25, 0.3) is 5.91 Å². The maximum absolute atomic E-state index is 12.4. The average molecular weight is 374 g/mol. The highest BCUT2D eigenvalue weighted by Crippen LogP contribution is 2.20. The van der Waals surface area contributed by atoms with E-state index in [1.165, 1.54) is 0 Å². The van der Waals surface area contributed by atoms with Gasteiger partial charge in [0.1, 0.15) is 12.1 Å². The van der Waals surface area contributed by atoms with E-state index in [2.05, 4.69) is 22.8 Å². The maximum atomic E-state index is 12.4. The van der Waals surface area contributed by atoms with Gasteiger partial charge in [-0.3, -0.25) is 4.79 Å². The van der Waals surface area contributed by atoms with Crippen LogP contribution in [0.1, 0.15) is 17.5 Å². The molecular weight excluding hydrogens is 352 g/mol. The smallest absolute Gasteiger partial charge is 0.251 e. The monoisotopic (exact) mass is 374 g/mol. The number of nitriles is 2. The second kappa shape index (κ2) is 9.66. The van der Waals surface area contributed by atoms with Crippen LogP contribution in [0.15, 0.2) is 48.5 Å². The van der Waals surface area contributed by atoms with Crippen molar-refractivity contribution in [2.24, 2.45) is 0 Å². The van der Waals surface area contributed by atoms with Crippen LogP contribution in [0.3, 0.4) is 0 Å². The highest BCUT2D eigenvalue weighted by atomic mass is 16.5. The third kappa shape index (κ3) is 5.17. The molecule has 0 aromatic heterocycles. The minimum Gasteiger partial charge on any atom is -0.367 e. The number of hydrogen-bond acceptors (Lipinski definition) is 5. The number of nitrogens with zero attached hydrogens (tertiary/aromatic N) is 2. The van der Waals surface area contributed by atoms with Crippen LogP contribution in [-0.4, -0.2) is 37.7 Å². The summed E-state index contributed by atoms with van der Waals surface area (Å²) in [5.41, 5.74) is 3.64. The fraction of sp³-hybridized carbons (Fsp3) is 0.318. The molecule has 3 rings (SSSR count). The van der Waals surface area contributed by atoms with Crippen molar-refractivity contribution in [3.63, 3.8) is 0 Å². The molecule has 1 amide bonds. The van der Waals surface area contributed by atoms with E-state index in [4.69, 9.17) is 10.00 Å². The Morgan fingerprint density at radius 3 is 2.46 bits per heavy atom. The van der Waals surface area contributed by atoms with E-state index in [-0.39, 0.29) is 5.91 Å². The lowest BCUT2D eigenvalue weighted by Gasteiger charge is -2.18. The lowest BCUT2D eigenvalue weighted by atomic mass is 10.00. The summed E-state index contributed by atoms with van der Waals surface area (Å²) in [7, 11) is 0. The van der Waals surface area contributed by atoms with Gasteiger partial charge in [0.2, 0.25) is 0 Å². The summed E-state index contributed by atoms with van der Waals surface area (Å²) >= 11 is 0. The van der Waals surface area contributed by atoms with E-state index in [9.17, 15) is 10.1 Å². The van der Waals surface area contributed by atoms with Crippen LogP contribution in [0.2, 0.25) is 0 Å². The highest BCUT2D eigenvalue weighted by molar-refractivity contribution is 5.81. The molecule has 0 saturated carbocycles. The van der Waals surface area contributed by atoms with Gasteiger partial charge in [-0.15, -0.1) is 0 Å². The molecule has 1 aliphatic rings. The van der Waals surface area contributed by atoms with Gasteiger partial charge in [-0.25, -0.2) is 0 Å². The molecule has 6 heteroatoms. The molecule has 2 aromatic rings. The van der Waals surface area contributed by atoms with Gasteiger partial charge >= 0.3 is 0 Å². The third-order valence-corrected chi connectivity index (χ3v) is 4.65. The average Bonchev–Trinajstić information content (AvgIpc) is 3.03. The normalized spacial score (nSPS) is 17.6. The lowest BCUT2D eigenvalue weighted by molar-refractivity contribution is -0.132. The van der Waals surface area contributed by atoms with Gasteiger partial charge in [-0.05, 0) is 41.8 Å². The molecule has 1 aliphatic heterocycles. The minimum absolute atomic E-state index is 0.254. The Hall–Kier alpha value is -3.19. The zero-order valence-electron chi connectivity index (χ0n) is 15.5. The number of nitrogens with one attached hydrogen (secondary N) is 2. The summed E-state index contributed by atoms with van der Waals surface area (Å²) in [6, 6.07) is 18.9. The molecule has 0 bridgehead atoms. The maximum Gasteiger partial charge on any atom is 0.251 e. The molecule has 0 aliphatic carbocycles. The first kappa shape index (κ1) is 19.6. The molecule has 6 nitrogen and oxygen atoms in total. The SMILES string of the molecule is N#Cc1ccc(-c2ccc(CC(C#N)NC(=O)C3CNCCCO3)cc2)cc1. The van der Waals surface area contributed by atoms with Crippen LogP contribution >= 0.6 is 0 Å². The Labute approximate surface area is 164 Å². The van der Waals surface area contributed by atoms with E-state index < -0.39 is 12.1 Å². The fourth-order valence-electron chi connectivity index (χ4n) is 3.08. The first-order valence-corrected chi connectivity index (χ1v) is 9.31. The zero-order valence-corrected chi connectivity index (χ0v) is 15.5. The number of rotatable bonds is 5. The summed E-state index contributed by atoms with van der Waals surface area (Å²) in [5, 5.41) is 24.2.